The second kappa shape index (κ2) is 7.59. The van der Waals surface area contributed by atoms with Crippen LogP contribution >= 0.6 is 11.3 Å². The molecule has 2 amide bonds. The molecule has 2 rings (SSSR count). The quantitative estimate of drug-likeness (QED) is 0.719. The first-order chi connectivity index (χ1) is 10.9. The Morgan fingerprint density at radius 3 is 2.52 bits per heavy atom. The molecule has 0 bridgehead atoms. The molecule has 126 valence electrons. The number of fused-ring (bicyclic) bond motifs is 1. The lowest BCUT2D eigenvalue weighted by Crippen LogP contribution is -2.40. The number of carboxylic acids is 1. The SMILES string of the molecule is CCC(NC(=O)c1c(NC(C)=O)sc2c1CCCCC2)C(=O)O. The van der Waals surface area contributed by atoms with Crippen LogP contribution in [0.15, 0.2) is 0 Å². The standard InChI is InChI=1S/C16H22N2O4S/c1-3-11(16(21)22)18-14(20)13-10-7-5-4-6-8-12(10)23-15(13)17-9(2)19/h11H,3-8H2,1-2H3,(H,17,19)(H,18,20)(H,21,22). The molecule has 1 aromatic heterocycles. The molecule has 0 aromatic carbocycles. The van der Waals surface area contributed by atoms with E-state index in [2.05, 4.69) is 10.6 Å². The van der Waals surface area contributed by atoms with Crippen LogP contribution < -0.4 is 10.6 Å². The van der Waals surface area contributed by atoms with Gasteiger partial charge >= 0.3 is 5.97 Å². The van der Waals surface area contributed by atoms with Gasteiger partial charge in [-0.1, -0.05) is 13.3 Å². The molecule has 3 N–H and O–H groups in total. The van der Waals surface area contributed by atoms with Crippen molar-refractivity contribution in [3.05, 3.63) is 16.0 Å². The molecule has 7 heteroatoms. The molecule has 1 aliphatic carbocycles. The van der Waals surface area contributed by atoms with Gasteiger partial charge in [0, 0.05) is 11.8 Å². The van der Waals surface area contributed by atoms with Crippen LogP contribution in [-0.2, 0) is 22.4 Å². The lowest BCUT2D eigenvalue weighted by molar-refractivity contribution is -0.139. The predicted octanol–water partition coefficient (Wildman–Crippen LogP) is 2.57. The summed E-state index contributed by atoms with van der Waals surface area (Å²) in [5, 5.41) is 15.0. The molecule has 1 atom stereocenters. The zero-order chi connectivity index (χ0) is 17.0. The Morgan fingerprint density at radius 1 is 1.22 bits per heavy atom. The molecule has 1 aliphatic rings. The number of carbonyl (C=O) groups is 3. The molecule has 0 radical (unpaired) electrons. The number of amides is 2. The fourth-order valence-electron chi connectivity index (χ4n) is 2.80. The van der Waals surface area contributed by atoms with Crippen LogP contribution in [0.2, 0.25) is 0 Å². The van der Waals surface area contributed by atoms with E-state index in [0.29, 0.717) is 17.0 Å². The molecular weight excluding hydrogens is 316 g/mol. The van der Waals surface area contributed by atoms with Gasteiger partial charge in [0.2, 0.25) is 5.91 Å². The van der Waals surface area contributed by atoms with Crippen molar-refractivity contribution in [2.45, 2.75) is 58.4 Å². The lowest BCUT2D eigenvalue weighted by atomic mass is 10.0. The lowest BCUT2D eigenvalue weighted by Gasteiger charge is -2.14. The number of anilines is 1. The third-order valence-corrected chi connectivity index (χ3v) is 5.16. The van der Waals surface area contributed by atoms with Crippen molar-refractivity contribution in [3.63, 3.8) is 0 Å². The Kier molecular flexibility index (Phi) is 5.76. The maximum absolute atomic E-state index is 12.6. The van der Waals surface area contributed by atoms with Crippen molar-refractivity contribution in [3.8, 4) is 0 Å². The van der Waals surface area contributed by atoms with Crippen LogP contribution in [0.1, 0.15) is 60.3 Å². The number of hydrogen-bond donors (Lipinski definition) is 3. The van der Waals surface area contributed by atoms with E-state index in [9.17, 15) is 14.4 Å². The first kappa shape index (κ1) is 17.5. The van der Waals surface area contributed by atoms with E-state index in [1.54, 1.807) is 6.92 Å². The highest BCUT2D eigenvalue weighted by molar-refractivity contribution is 7.17. The maximum Gasteiger partial charge on any atom is 0.326 e. The van der Waals surface area contributed by atoms with Gasteiger partial charge in [0.1, 0.15) is 11.0 Å². The number of nitrogens with one attached hydrogen (secondary N) is 2. The largest absolute Gasteiger partial charge is 0.480 e. The van der Waals surface area contributed by atoms with Gasteiger partial charge in [0.05, 0.1) is 5.56 Å². The van der Waals surface area contributed by atoms with E-state index in [-0.39, 0.29) is 5.91 Å². The zero-order valence-electron chi connectivity index (χ0n) is 13.4. The number of carbonyl (C=O) groups excluding carboxylic acids is 2. The third kappa shape index (κ3) is 4.10. The van der Waals surface area contributed by atoms with Gasteiger partial charge in [0.25, 0.3) is 5.91 Å². The van der Waals surface area contributed by atoms with E-state index >= 15 is 0 Å². The van der Waals surface area contributed by atoms with Crippen molar-refractivity contribution in [1.82, 2.24) is 5.32 Å². The number of hydrogen-bond acceptors (Lipinski definition) is 4. The normalized spacial score (nSPS) is 15.2. The Morgan fingerprint density at radius 2 is 1.91 bits per heavy atom. The summed E-state index contributed by atoms with van der Waals surface area (Å²) in [5.41, 5.74) is 1.41. The average molecular weight is 338 g/mol. The van der Waals surface area contributed by atoms with Gasteiger partial charge in [-0.15, -0.1) is 11.3 Å². The van der Waals surface area contributed by atoms with Gasteiger partial charge in [-0.3, -0.25) is 9.59 Å². The van der Waals surface area contributed by atoms with Crippen molar-refractivity contribution in [2.24, 2.45) is 0 Å². The summed E-state index contributed by atoms with van der Waals surface area (Å²) in [4.78, 5) is 36.4. The molecule has 0 spiro atoms. The Hall–Kier alpha value is -1.89. The molecule has 6 nitrogen and oxygen atoms in total. The highest BCUT2D eigenvalue weighted by atomic mass is 32.1. The molecule has 0 fully saturated rings. The highest BCUT2D eigenvalue weighted by Gasteiger charge is 2.27. The second-order valence-corrected chi connectivity index (χ2v) is 6.83. The summed E-state index contributed by atoms with van der Waals surface area (Å²) >= 11 is 1.43. The molecule has 1 unspecified atom stereocenters. The number of aliphatic carboxylic acids is 1. The predicted molar refractivity (Wildman–Crippen MR) is 89.1 cm³/mol. The van der Waals surface area contributed by atoms with Crippen molar-refractivity contribution in [2.75, 3.05) is 5.32 Å². The van der Waals surface area contributed by atoms with Crippen LogP contribution in [0.5, 0.6) is 0 Å². The highest BCUT2D eigenvalue weighted by Crippen LogP contribution is 2.37. The number of rotatable bonds is 5. The summed E-state index contributed by atoms with van der Waals surface area (Å²) in [6.07, 6.45) is 5.18. The number of aryl methyl sites for hydroxylation is 1. The molecule has 0 saturated carbocycles. The van der Waals surface area contributed by atoms with E-state index in [1.807, 2.05) is 0 Å². The minimum absolute atomic E-state index is 0.235. The molecule has 1 aromatic rings. The summed E-state index contributed by atoms with van der Waals surface area (Å²) in [5.74, 6) is -1.70. The van der Waals surface area contributed by atoms with Crippen molar-refractivity contribution >= 4 is 34.1 Å². The second-order valence-electron chi connectivity index (χ2n) is 5.72. The molecule has 1 heterocycles. The fourth-order valence-corrected chi connectivity index (χ4v) is 4.13. The van der Waals surface area contributed by atoms with Gasteiger partial charge in [0.15, 0.2) is 0 Å². The summed E-state index contributed by atoms with van der Waals surface area (Å²) in [7, 11) is 0. The molecule has 0 saturated heterocycles. The summed E-state index contributed by atoms with van der Waals surface area (Å²) in [6, 6.07) is -0.922. The van der Waals surface area contributed by atoms with Gasteiger partial charge in [-0.05, 0) is 37.7 Å². The van der Waals surface area contributed by atoms with Crippen LogP contribution in [0.25, 0.3) is 0 Å². The molecule has 0 aliphatic heterocycles. The molecule has 23 heavy (non-hydrogen) atoms. The van der Waals surface area contributed by atoms with E-state index in [0.717, 1.165) is 42.5 Å². The van der Waals surface area contributed by atoms with E-state index < -0.39 is 17.9 Å². The first-order valence-corrected chi connectivity index (χ1v) is 8.71. The van der Waals surface area contributed by atoms with E-state index in [4.69, 9.17) is 5.11 Å². The Bertz CT molecular complexity index is 624. The minimum Gasteiger partial charge on any atom is -0.480 e. The van der Waals surface area contributed by atoms with Crippen molar-refractivity contribution < 1.29 is 19.5 Å². The van der Waals surface area contributed by atoms with Crippen LogP contribution in [-0.4, -0.2) is 28.9 Å². The fraction of sp³-hybridized carbons (Fsp3) is 0.562. The van der Waals surface area contributed by atoms with Crippen molar-refractivity contribution in [1.29, 1.82) is 0 Å². The summed E-state index contributed by atoms with van der Waals surface area (Å²) < 4.78 is 0. The van der Waals surface area contributed by atoms with Gasteiger partial charge < -0.3 is 15.7 Å². The van der Waals surface area contributed by atoms with Gasteiger partial charge in [-0.2, -0.15) is 0 Å². The zero-order valence-corrected chi connectivity index (χ0v) is 14.2. The third-order valence-electron chi connectivity index (χ3n) is 3.95. The van der Waals surface area contributed by atoms with Gasteiger partial charge in [-0.25, -0.2) is 4.79 Å². The Balaban J connectivity index is 2.37. The first-order valence-electron chi connectivity index (χ1n) is 7.89. The van der Waals surface area contributed by atoms with Crippen LogP contribution in [0, 0.1) is 0 Å². The number of thiophene rings is 1. The minimum atomic E-state index is -1.05. The smallest absolute Gasteiger partial charge is 0.326 e. The monoisotopic (exact) mass is 338 g/mol. The van der Waals surface area contributed by atoms with Crippen LogP contribution in [0.3, 0.4) is 0 Å². The van der Waals surface area contributed by atoms with E-state index in [1.165, 1.54) is 18.3 Å². The maximum atomic E-state index is 12.6. The summed E-state index contributed by atoms with van der Waals surface area (Å²) in [6.45, 7) is 3.11. The number of carboxylic acid groups (broad SMARTS) is 1. The van der Waals surface area contributed by atoms with Crippen LogP contribution in [0.4, 0.5) is 5.00 Å². The topological polar surface area (TPSA) is 95.5 Å². The average Bonchev–Trinajstić information content (AvgIpc) is 2.65. The molecular formula is C16H22N2O4S. The Labute approximate surface area is 139 Å².